The summed E-state index contributed by atoms with van der Waals surface area (Å²) in [5.74, 6) is 0.825. The summed E-state index contributed by atoms with van der Waals surface area (Å²) in [5.41, 5.74) is 3.25. The van der Waals surface area contributed by atoms with E-state index in [0.29, 0.717) is 6.54 Å². The van der Waals surface area contributed by atoms with E-state index in [4.69, 9.17) is 4.74 Å². The maximum atomic E-state index is 5.22. The number of benzene rings is 1. The third-order valence-electron chi connectivity index (χ3n) is 3.11. The van der Waals surface area contributed by atoms with Gasteiger partial charge in [0.2, 0.25) is 0 Å². The Morgan fingerprint density at radius 1 is 1.35 bits per heavy atom. The van der Waals surface area contributed by atoms with Crippen molar-refractivity contribution in [1.82, 2.24) is 9.78 Å². The van der Waals surface area contributed by atoms with Gasteiger partial charge < -0.3 is 10.1 Å². The Morgan fingerprint density at radius 2 is 2.10 bits per heavy atom. The average Bonchev–Trinajstić information content (AvgIpc) is 2.71. The van der Waals surface area contributed by atoms with Crippen molar-refractivity contribution < 1.29 is 4.74 Å². The Kier molecular flexibility index (Phi) is 5.10. The van der Waals surface area contributed by atoms with Crippen molar-refractivity contribution in [2.75, 3.05) is 12.4 Å². The van der Waals surface area contributed by atoms with E-state index in [1.807, 2.05) is 29.9 Å². The molecule has 4 nitrogen and oxygen atoms in total. The fourth-order valence-corrected chi connectivity index (χ4v) is 3.27. The van der Waals surface area contributed by atoms with E-state index in [9.17, 15) is 0 Å². The number of aryl methyl sites for hydroxylation is 2. The SMILES string of the molecule is CCc1nn(C)c(CNc2ccc(OC)c(Br)c2)c1Br. The number of halogens is 2. The van der Waals surface area contributed by atoms with Gasteiger partial charge in [-0.05, 0) is 56.5 Å². The zero-order valence-electron chi connectivity index (χ0n) is 11.7. The van der Waals surface area contributed by atoms with E-state index >= 15 is 0 Å². The zero-order chi connectivity index (χ0) is 14.7. The molecular weight excluding hydrogens is 386 g/mol. The monoisotopic (exact) mass is 401 g/mol. The van der Waals surface area contributed by atoms with E-state index < -0.39 is 0 Å². The van der Waals surface area contributed by atoms with Crippen molar-refractivity contribution in [1.29, 1.82) is 0 Å². The number of ether oxygens (including phenoxy) is 1. The van der Waals surface area contributed by atoms with Gasteiger partial charge in [-0.15, -0.1) is 0 Å². The Morgan fingerprint density at radius 3 is 2.65 bits per heavy atom. The van der Waals surface area contributed by atoms with Crippen molar-refractivity contribution in [3.63, 3.8) is 0 Å². The normalized spacial score (nSPS) is 10.7. The highest BCUT2D eigenvalue weighted by Crippen LogP contribution is 2.28. The number of aromatic nitrogens is 2. The number of hydrogen-bond donors (Lipinski definition) is 1. The molecule has 0 bridgehead atoms. The molecule has 0 fully saturated rings. The van der Waals surface area contributed by atoms with Crippen molar-refractivity contribution in [3.8, 4) is 5.75 Å². The second-order valence-corrected chi connectivity index (χ2v) is 6.03. The summed E-state index contributed by atoms with van der Waals surface area (Å²) in [4.78, 5) is 0. The molecule has 2 aromatic rings. The highest BCUT2D eigenvalue weighted by molar-refractivity contribution is 9.10. The Hall–Kier alpha value is -1.01. The summed E-state index contributed by atoms with van der Waals surface area (Å²) in [6.07, 6.45) is 0.919. The van der Waals surface area contributed by atoms with Crippen molar-refractivity contribution >= 4 is 37.5 Å². The van der Waals surface area contributed by atoms with Crippen LogP contribution in [0, 0.1) is 0 Å². The second kappa shape index (κ2) is 6.63. The van der Waals surface area contributed by atoms with Crippen LogP contribution >= 0.6 is 31.9 Å². The molecule has 0 radical (unpaired) electrons. The first kappa shape index (κ1) is 15.4. The van der Waals surface area contributed by atoms with Crippen molar-refractivity contribution in [2.24, 2.45) is 7.05 Å². The van der Waals surface area contributed by atoms with Gasteiger partial charge in [-0.2, -0.15) is 5.10 Å². The molecule has 1 aromatic heterocycles. The largest absolute Gasteiger partial charge is 0.496 e. The van der Waals surface area contributed by atoms with E-state index in [-0.39, 0.29) is 0 Å². The van der Waals surface area contributed by atoms with E-state index in [1.165, 1.54) is 0 Å². The first-order chi connectivity index (χ1) is 9.56. The van der Waals surface area contributed by atoms with Crippen LogP contribution in [0.15, 0.2) is 27.1 Å². The molecule has 1 aromatic carbocycles. The first-order valence-electron chi connectivity index (χ1n) is 6.34. The van der Waals surface area contributed by atoms with E-state index in [1.54, 1.807) is 7.11 Å². The summed E-state index contributed by atoms with van der Waals surface area (Å²) in [6.45, 7) is 2.81. The lowest BCUT2D eigenvalue weighted by Crippen LogP contribution is -2.06. The van der Waals surface area contributed by atoms with Crippen LogP contribution in [0.5, 0.6) is 5.75 Å². The lowest BCUT2D eigenvalue weighted by Gasteiger charge is -2.09. The van der Waals surface area contributed by atoms with Crippen molar-refractivity contribution in [2.45, 2.75) is 19.9 Å². The Bertz CT molecular complexity index is 611. The van der Waals surface area contributed by atoms with Crippen LogP contribution in [-0.4, -0.2) is 16.9 Å². The summed E-state index contributed by atoms with van der Waals surface area (Å²) in [7, 11) is 3.62. The molecule has 0 saturated carbocycles. The van der Waals surface area contributed by atoms with E-state index in [2.05, 4.69) is 49.2 Å². The summed E-state index contributed by atoms with van der Waals surface area (Å²) in [5, 5.41) is 7.88. The van der Waals surface area contributed by atoms with Gasteiger partial charge in [0.05, 0.1) is 34.0 Å². The van der Waals surface area contributed by atoms with Gasteiger partial charge in [-0.1, -0.05) is 6.92 Å². The summed E-state index contributed by atoms with van der Waals surface area (Å²) in [6, 6.07) is 5.93. The fourth-order valence-electron chi connectivity index (χ4n) is 1.97. The third kappa shape index (κ3) is 3.17. The van der Waals surface area contributed by atoms with Crippen LogP contribution in [0.1, 0.15) is 18.3 Å². The molecule has 1 N–H and O–H groups in total. The van der Waals surface area contributed by atoms with Crippen LogP contribution in [0.25, 0.3) is 0 Å². The number of methoxy groups -OCH3 is 1. The third-order valence-corrected chi connectivity index (χ3v) is 4.65. The smallest absolute Gasteiger partial charge is 0.133 e. The molecule has 0 aliphatic rings. The second-order valence-electron chi connectivity index (χ2n) is 4.39. The van der Waals surface area contributed by atoms with Gasteiger partial charge in [0.25, 0.3) is 0 Å². The summed E-state index contributed by atoms with van der Waals surface area (Å²) >= 11 is 7.11. The standard InChI is InChI=1S/C14H17Br2N3O/c1-4-11-14(16)12(19(2)18-11)8-17-9-5-6-13(20-3)10(15)7-9/h5-7,17H,4,8H2,1-3H3. The zero-order valence-corrected chi connectivity index (χ0v) is 14.9. The number of rotatable bonds is 5. The number of hydrogen-bond acceptors (Lipinski definition) is 3. The predicted octanol–water partition coefficient (Wildman–Crippen LogP) is 4.13. The molecule has 1 heterocycles. The first-order valence-corrected chi connectivity index (χ1v) is 7.93. The lowest BCUT2D eigenvalue weighted by atomic mass is 10.2. The van der Waals surface area contributed by atoms with Crippen LogP contribution in [-0.2, 0) is 20.0 Å². The average molecular weight is 403 g/mol. The molecule has 0 amide bonds. The van der Waals surface area contributed by atoms with Crippen LogP contribution in [0.4, 0.5) is 5.69 Å². The minimum Gasteiger partial charge on any atom is -0.496 e. The van der Waals surface area contributed by atoms with Gasteiger partial charge in [0.1, 0.15) is 5.75 Å². The quantitative estimate of drug-likeness (QED) is 0.817. The van der Waals surface area contributed by atoms with Gasteiger partial charge >= 0.3 is 0 Å². The molecule has 2 rings (SSSR count). The Balaban J connectivity index is 2.13. The molecule has 6 heteroatoms. The molecule has 0 unspecified atom stereocenters. The van der Waals surface area contributed by atoms with Gasteiger partial charge in [-0.3, -0.25) is 4.68 Å². The fraction of sp³-hybridized carbons (Fsp3) is 0.357. The number of nitrogens with zero attached hydrogens (tertiary/aromatic N) is 2. The molecule has 0 saturated heterocycles. The molecule has 20 heavy (non-hydrogen) atoms. The van der Waals surface area contributed by atoms with Gasteiger partial charge in [-0.25, -0.2) is 0 Å². The molecule has 0 spiro atoms. The highest BCUT2D eigenvalue weighted by Gasteiger charge is 2.12. The molecular formula is C14H17Br2N3O. The van der Waals surface area contributed by atoms with Crippen molar-refractivity contribution in [3.05, 3.63) is 38.5 Å². The highest BCUT2D eigenvalue weighted by atomic mass is 79.9. The predicted molar refractivity (Wildman–Crippen MR) is 88.3 cm³/mol. The number of anilines is 1. The van der Waals surface area contributed by atoms with Gasteiger partial charge in [0.15, 0.2) is 0 Å². The molecule has 108 valence electrons. The van der Waals surface area contributed by atoms with Crippen LogP contribution in [0.2, 0.25) is 0 Å². The van der Waals surface area contributed by atoms with Crippen LogP contribution in [0.3, 0.4) is 0 Å². The van der Waals surface area contributed by atoms with Crippen LogP contribution < -0.4 is 10.1 Å². The maximum absolute atomic E-state index is 5.22. The maximum Gasteiger partial charge on any atom is 0.133 e. The molecule has 0 aliphatic carbocycles. The molecule has 0 aliphatic heterocycles. The van der Waals surface area contributed by atoms with E-state index in [0.717, 1.165) is 38.2 Å². The minimum atomic E-state index is 0.711. The number of nitrogens with one attached hydrogen (secondary N) is 1. The Labute approximate surface area is 135 Å². The topological polar surface area (TPSA) is 39.1 Å². The van der Waals surface area contributed by atoms with Gasteiger partial charge in [0, 0.05) is 12.7 Å². The minimum absolute atomic E-state index is 0.711. The lowest BCUT2D eigenvalue weighted by molar-refractivity contribution is 0.412. The summed E-state index contributed by atoms with van der Waals surface area (Å²) < 4.78 is 9.15. The molecule has 0 atom stereocenters.